The highest BCUT2D eigenvalue weighted by Crippen LogP contribution is 2.25. The van der Waals surface area contributed by atoms with Gasteiger partial charge in [0.25, 0.3) is 0 Å². The average Bonchev–Trinajstić information content (AvgIpc) is 2.69. The van der Waals surface area contributed by atoms with Crippen molar-refractivity contribution in [2.24, 2.45) is 0 Å². The van der Waals surface area contributed by atoms with Crippen molar-refractivity contribution in [3.05, 3.63) is 54.7 Å². The molecule has 1 amide bonds. The standard InChI is InChI=1S/C22H24N4O/c1-15(27)24-19-8-10-20(11-9-19)25-22-23-13-12-21(26-22)18-7-6-16-4-2-3-5-17(16)14-18/h2-7,12-14,19-20H,8-11H2,1H3,(H,24,27)(H,23,25,26)/t19-,20-. The molecule has 5 heteroatoms. The van der Waals surface area contributed by atoms with Crippen molar-refractivity contribution in [1.29, 1.82) is 0 Å². The summed E-state index contributed by atoms with van der Waals surface area (Å²) in [5.74, 6) is 0.724. The zero-order valence-corrected chi connectivity index (χ0v) is 15.5. The maximum absolute atomic E-state index is 11.2. The fraction of sp³-hybridized carbons (Fsp3) is 0.318. The number of nitrogens with zero attached hydrogens (tertiary/aromatic N) is 2. The first-order valence-corrected chi connectivity index (χ1v) is 9.53. The zero-order chi connectivity index (χ0) is 18.6. The van der Waals surface area contributed by atoms with Gasteiger partial charge in [-0.05, 0) is 48.6 Å². The normalized spacial score (nSPS) is 19.6. The van der Waals surface area contributed by atoms with Gasteiger partial charge in [0.15, 0.2) is 0 Å². The lowest BCUT2D eigenvalue weighted by atomic mass is 9.91. The van der Waals surface area contributed by atoms with Gasteiger partial charge in [-0.1, -0.05) is 36.4 Å². The summed E-state index contributed by atoms with van der Waals surface area (Å²) in [5, 5.41) is 8.91. The maximum atomic E-state index is 11.2. The minimum atomic E-state index is 0.0535. The molecule has 2 aromatic carbocycles. The minimum absolute atomic E-state index is 0.0535. The van der Waals surface area contributed by atoms with Gasteiger partial charge < -0.3 is 10.6 Å². The SMILES string of the molecule is CC(=O)N[C@H]1CC[C@H](Nc2nccc(-c3ccc4ccccc4c3)n2)CC1. The monoisotopic (exact) mass is 360 g/mol. The molecule has 0 atom stereocenters. The van der Waals surface area contributed by atoms with Gasteiger partial charge >= 0.3 is 0 Å². The van der Waals surface area contributed by atoms with Gasteiger partial charge in [0, 0.05) is 30.8 Å². The molecule has 1 heterocycles. The Bertz CT molecular complexity index is 948. The first kappa shape index (κ1) is 17.5. The van der Waals surface area contributed by atoms with Gasteiger partial charge in [0.1, 0.15) is 0 Å². The maximum Gasteiger partial charge on any atom is 0.223 e. The van der Waals surface area contributed by atoms with Crippen molar-refractivity contribution in [2.45, 2.75) is 44.7 Å². The van der Waals surface area contributed by atoms with Crippen LogP contribution in [0.3, 0.4) is 0 Å². The van der Waals surface area contributed by atoms with Gasteiger partial charge in [0.05, 0.1) is 5.69 Å². The third kappa shape index (κ3) is 4.25. The number of benzene rings is 2. The number of amides is 1. The van der Waals surface area contributed by atoms with Crippen molar-refractivity contribution in [3.63, 3.8) is 0 Å². The van der Waals surface area contributed by atoms with Crippen molar-refractivity contribution in [1.82, 2.24) is 15.3 Å². The van der Waals surface area contributed by atoms with E-state index in [4.69, 9.17) is 4.98 Å². The van der Waals surface area contributed by atoms with Gasteiger partial charge in [-0.15, -0.1) is 0 Å². The van der Waals surface area contributed by atoms with E-state index in [9.17, 15) is 4.79 Å². The van der Waals surface area contributed by atoms with Crippen LogP contribution in [-0.2, 0) is 4.79 Å². The highest BCUT2D eigenvalue weighted by Gasteiger charge is 2.22. The largest absolute Gasteiger partial charge is 0.354 e. The van der Waals surface area contributed by atoms with Crippen LogP contribution >= 0.6 is 0 Å². The molecule has 3 aromatic rings. The van der Waals surface area contributed by atoms with E-state index < -0.39 is 0 Å². The predicted octanol–water partition coefficient (Wildman–Crippen LogP) is 4.16. The number of carbonyl (C=O) groups excluding carboxylic acids is 1. The zero-order valence-electron chi connectivity index (χ0n) is 15.5. The Morgan fingerprint density at radius 1 is 0.963 bits per heavy atom. The predicted molar refractivity (Wildman–Crippen MR) is 108 cm³/mol. The quantitative estimate of drug-likeness (QED) is 0.733. The first-order valence-electron chi connectivity index (χ1n) is 9.53. The van der Waals surface area contributed by atoms with Crippen LogP contribution in [0, 0.1) is 0 Å². The molecule has 1 aliphatic carbocycles. The van der Waals surface area contributed by atoms with Crippen molar-refractivity contribution >= 4 is 22.6 Å². The van der Waals surface area contributed by atoms with Crippen LogP contribution in [0.2, 0.25) is 0 Å². The molecule has 5 nitrogen and oxygen atoms in total. The lowest BCUT2D eigenvalue weighted by Crippen LogP contribution is -2.39. The number of hydrogen-bond donors (Lipinski definition) is 2. The Labute approximate surface area is 159 Å². The van der Waals surface area contributed by atoms with Crippen molar-refractivity contribution < 1.29 is 4.79 Å². The number of carbonyl (C=O) groups is 1. The van der Waals surface area contributed by atoms with Gasteiger partial charge in [-0.3, -0.25) is 4.79 Å². The summed E-state index contributed by atoms with van der Waals surface area (Å²) >= 11 is 0. The van der Waals surface area contributed by atoms with Crippen molar-refractivity contribution in [3.8, 4) is 11.3 Å². The van der Waals surface area contributed by atoms with Gasteiger partial charge in [0.2, 0.25) is 11.9 Å². The van der Waals surface area contributed by atoms with Crippen LogP contribution < -0.4 is 10.6 Å². The summed E-state index contributed by atoms with van der Waals surface area (Å²) in [6, 6.07) is 17.3. The molecule has 0 saturated heterocycles. The van der Waals surface area contributed by atoms with Gasteiger partial charge in [-0.25, -0.2) is 9.97 Å². The number of aromatic nitrogens is 2. The Morgan fingerprint density at radius 3 is 2.48 bits per heavy atom. The van der Waals surface area contributed by atoms with E-state index in [0.29, 0.717) is 18.0 Å². The molecule has 0 spiro atoms. The summed E-state index contributed by atoms with van der Waals surface area (Å²) in [5.41, 5.74) is 2.01. The Kier molecular flexibility index (Phi) is 5.01. The molecule has 27 heavy (non-hydrogen) atoms. The second-order valence-electron chi connectivity index (χ2n) is 7.22. The Balaban J connectivity index is 1.45. The summed E-state index contributed by atoms with van der Waals surface area (Å²) in [7, 11) is 0. The van der Waals surface area contributed by atoms with Gasteiger partial charge in [-0.2, -0.15) is 0 Å². The molecule has 1 saturated carbocycles. The van der Waals surface area contributed by atoms with E-state index in [1.807, 2.05) is 12.3 Å². The van der Waals surface area contributed by atoms with E-state index in [1.54, 1.807) is 6.92 Å². The number of rotatable bonds is 4. The first-order chi connectivity index (χ1) is 13.2. The fourth-order valence-corrected chi connectivity index (χ4v) is 3.79. The van der Waals surface area contributed by atoms with Crippen LogP contribution in [-0.4, -0.2) is 28.0 Å². The van der Waals surface area contributed by atoms with Crippen LogP contribution in [0.1, 0.15) is 32.6 Å². The topological polar surface area (TPSA) is 66.9 Å². The smallest absolute Gasteiger partial charge is 0.223 e. The van der Waals surface area contributed by atoms with E-state index >= 15 is 0 Å². The van der Waals surface area contributed by atoms with E-state index in [0.717, 1.165) is 36.9 Å². The third-order valence-electron chi connectivity index (χ3n) is 5.17. The molecule has 138 valence electrons. The molecule has 1 aliphatic rings. The van der Waals surface area contributed by atoms with E-state index in [2.05, 4.69) is 58.1 Å². The second-order valence-corrected chi connectivity index (χ2v) is 7.22. The molecular weight excluding hydrogens is 336 g/mol. The molecule has 2 N–H and O–H groups in total. The highest BCUT2D eigenvalue weighted by atomic mass is 16.1. The molecule has 1 aromatic heterocycles. The molecule has 0 unspecified atom stereocenters. The van der Waals surface area contributed by atoms with Crippen LogP contribution in [0.5, 0.6) is 0 Å². The summed E-state index contributed by atoms with van der Waals surface area (Å²) in [6.45, 7) is 1.58. The number of fused-ring (bicyclic) bond motifs is 1. The minimum Gasteiger partial charge on any atom is -0.354 e. The highest BCUT2D eigenvalue weighted by molar-refractivity contribution is 5.86. The van der Waals surface area contributed by atoms with Crippen molar-refractivity contribution in [2.75, 3.05) is 5.32 Å². The molecular formula is C22H24N4O. The summed E-state index contributed by atoms with van der Waals surface area (Å²) in [6.07, 6.45) is 5.80. The number of nitrogens with one attached hydrogen (secondary N) is 2. The fourth-order valence-electron chi connectivity index (χ4n) is 3.79. The lowest BCUT2D eigenvalue weighted by molar-refractivity contribution is -0.119. The summed E-state index contributed by atoms with van der Waals surface area (Å²) in [4.78, 5) is 20.3. The summed E-state index contributed by atoms with van der Waals surface area (Å²) < 4.78 is 0. The Morgan fingerprint density at radius 2 is 1.70 bits per heavy atom. The lowest BCUT2D eigenvalue weighted by Gasteiger charge is -2.29. The molecule has 0 aliphatic heterocycles. The second kappa shape index (κ2) is 7.74. The van der Waals surface area contributed by atoms with Crippen LogP contribution in [0.25, 0.3) is 22.0 Å². The van der Waals surface area contributed by atoms with E-state index in [1.165, 1.54) is 10.8 Å². The Hall–Kier alpha value is -2.95. The third-order valence-corrected chi connectivity index (χ3v) is 5.17. The number of anilines is 1. The molecule has 0 bridgehead atoms. The van der Waals surface area contributed by atoms with Crippen LogP contribution in [0.4, 0.5) is 5.95 Å². The molecule has 4 rings (SSSR count). The number of hydrogen-bond acceptors (Lipinski definition) is 4. The molecule has 1 fully saturated rings. The van der Waals surface area contributed by atoms with Crippen LogP contribution in [0.15, 0.2) is 54.7 Å². The average molecular weight is 360 g/mol. The molecule has 0 radical (unpaired) electrons. The van der Waals surface area contributed by atoms with E-state index in [-0.39, 0.29) is 5.91 Å².